The maximum atomic E-state index is 12.8. The molecule has 1 aromatic rings. The third-order valence-corrected chi connectivity index (χ3v) is 2.64. The first kappa shape index (κ1) is 16.2. The molecule has 0 aromatic heterocycles. The third-order valence-electron chi connectivity index (χ3n) is 2.64. The van der Waals surface area contributed by atoms with Gasteiger partial charge in [-0.1, -0.05) is 12.1 Å². The highest BCUT2D eigenvalue weighted by molar-refractivity contribution is 5.87. The molecular weight excluding hydrogens is 278 g/mol. The first-order valence-corrected chi connectivity index (χ1v) is 5.78. The van der Waals surface area contributed by atoms with Crippen LogP contribution in [0.15, 0.2) is 24.3 Å². The largest absolute Gasteiger partial charge is 0.351 e. The molecule has 0 fully saturated rings. The molecule has 20 heavy (non-hydrogen) atoms. The number of amides is 2. The van der Waals surface area contributed by atoms with Crippen LogP contribution in [0.2, 0.25) is 0 Å². The second-order valence-electron chi connectivity index (χ2n) is 4.28. The van der Waals surface area contributed by atoms with Crippen molar-refractivity contribution in [2.45, 2.75) is 25.3 Å². The minimum atomic E-state index is -4.07. The van der Waals surface area contributed by atoms with E-state index in [-0.39, 0.29) is 0 Å². The van der Waals surface area contributed by atoms with Crippen LogP contribution in [0.1, 0.15) is 18.5 Å². The molecule has 112 valence electrons. The van der Waals surface area contributed by atoms with Gasteiger partial charge in [0, 0.05) is 11.7 Å². The standard InChI is InChI=1S/C12H15F4N3O/c1-7(18-6-12(15,16)10(13)14)8-2-4-9(5-3-8)19-11(17)20/h2-5,7,10,18H,6H2,1H3,(H3,17,19,20). The fourth-order valence-corrected chi connectivity index (χ4v) is 1.48. The molecule has 4 N–H and O–H groups in total. The molecule has 0 aliphatic heterocycles. The molecule has 1 unspecified atom stereocenters. The summed E-state index contributed by atoms with van der Waals surface area (Å²) in [6, 6.07) is 4.95. The zero-order valence-electron chi connectivity index (χ0n) is 10.7. The molecule has 0 spiro atoms. The van der Waals surface area contributed by atoms with Crippen molar-refractivity contribution in [3.05, 3.63) is 29.8 Å². The number of urea groups is 1. The van der Waals surface area contributed by atoms with Crippen molar-refractivity contribution in [1.82, 2.24) is 5.32 Å². The monoisotopic (exact) mass is 293 g/mol. The molecule has 0 saturated heterocycles. The van der Waals surface area contributed by atoms with Crippen LogP contribution in [0.3, 0.4) is 0 Å². The van der Waals surface area contributed by atoms with Crippen LogP contribution in [0.25, 0.3) is 0 Å². The van der Waals surface area contributed by atoms with Gasteiger partial charge in [-0.25, -0.2) is 13.6 Å². The van der Waals surface area contributed by atoms with E-state index in [0.717, 1.165) is 0 Å². The van der Waals surface area contributed by atoms with E-state index in [1.54, 1.807) is 19.1 Å². The fourth-order valence-electron chi connectivity index (χ4n) is 1.48. The van der Waals surface area contributed by atoms with E-state index in [1.165, 1.54) is 12.1 Å². The Hall–Kier alpha value is -1.83. The number of primary amides is 1. The lowest BCUT2D eigenvalue weighted by molar-refractivity contribution is -0.126. The van der Waals surface area contributed by atoms with Gasteiger partial charge in [0.25, 0.3) is 0 Å². The summed E-state index contributed by atoms with van der Waals surface area (Å²) in [7, 11) is 0. The number of anilines is 1. The fraction of sp³-hybridized carbons (Fsp3) is 0.417. The number of carbonyl (C=O) groups excluding carboxylic acids is 1. The second-order valence-corrected chi connectivity index (χ2v) is 4.28. The maximum Gasteiger partial charge on any atom is 0.319 e. The van der Waals surface area contributed by atoms with Crippen LogP contribution >= 0.6 is 0 Å². The molecule has 0 bridgehead atoms. The Bertz CT molecular complexity index is 451. The number of nitrogens with two attached hydrogens (primary N) is 1. The molecule has 0 aliphatic rings. The van der Waals surface area contributed by atoms with Gasteiger partial charge in [0.15, 0.2) is 0 Å². The highest BCUT2D eigenvalue weighted by Gasteiger charge is 2.40. The zero-order valence-corrected chi connectivity index (χ0v) is 10.7. The van der Waals surface area contributed by atoms with Gasteiger partial charge < -0.3 is 16.4 Å². The molecule has 1 rings (SSSR count). The summed E-state index contributed by atoms with van der Waals surface area (Å²) in [6.45, 7) is 0.450. The van der Waals surface area contributed by atoms with Crippen LogP contribution in [0.4, 0.5) is 28.0 Å². The van der Waals surface area contributed by atoms with Crippen molar-refractivity contribution < 1.29 is 22.4 Å². The molecule has 8 heteroatoms. The van der Waals surface area contributed by atoms with Gasteiger partial charge in [-0.15, -0.1) is 0 Å². The van der Waals surface area contributed by atoms with Gasteiger partial charge in [-0.2, -0.15) is 8.78 Å². The Morgan fingerprint density at radius 3 is 2.30 bits per heavy atom. The molecule has 2 amide bonds. The molecule has 1 aromatic carbocycles. The summed E-state index contributed by atoms with van der Waals surface area (Å²) in [4.78, 5) is 10.6. The SMILES string of the molecule is CC(NCC(F)(F)C(F)F)c1ccc(NC(N)=O)cc1. The summed E-state index contributed by atoms with van der Waals surface area (Å²) in [6.07, 6.45) is -3.70. The van der Waals surface area contributed by atoms with Crippen molar-refractivity contribution in [2.75, 3.05) is 11.9 Å². The molecule has 0 saturated carbocycles. The lowest BCUT2D eigenvalue weighted by atomic mass is 10.1. The normalized spacial score (nSPS) is 13.3. The predicted octanol–water partition coefficient (Wildman–Crippen LogP) is 2.73. The highest BCUT2D eigenvalue weighted by Crippen LogP contribution is 2.23. The summed E-state index contributed by atoms with van der Waals surface area (Å²) in [5, 5.41) is 4.68. The van der Waals surface area contributed by atoms with Crippen LogP contribution in [-0.4, -0.2) is 24.9 Å². The van der Waals surface area contributed by atoms with E-state index >= 15 is 0 Å². The molecule has 0 heterocycles. The van der Waals surface area contributed by atoms with E-state index in [0.29, 0.717) is 11.3 Å². The second kappa shape index (κ2) is 6.56. The number of hydrogen-bond donors (Lipinski definition) is 3. The minimum Gasteiger partial charge on any atom is -0.351 e. The molecule has 0 radical (unpaired) electrons. The van der Waals surface area contributed by atoms with Crippen LogP contribution in [0, 0.1) is 0 Å². The average Bonchev–Trinajstić information content (AvgIpc) is 2.36. The van der Waals surface area contributed by atoms with Crippen molar-refractivity contribution in [3.8, 4) is 0 Å². The predicted molar refractivity (Wildman–Crippen MR) is 67.0 cm³/mol. The number of alkyl halides is 4. The number of nitrogens with one attached hydrogen (secondary N) is 2. The van der Waals surface area contributed by atoms with E-state index in [1.807, 2.05) is 0 Å². The molecule has 4 nitrogen and oxygen atoms in total. The molecular formula is C12H15F4N3O. The van der Waals surface area contributed by atoms with E-state index in [2.05, 4.69) is 10.6 Å². The third kappa shape index (κ3) is 4.69. The lowest BCUT2D eigenvalue weighted by Crippen LogP contribution is -2.39. The highest BCUT2D eigenvalue weighted by atomic mass is 19.3. The topological polar surface area (TPSA) is 67.2 Å². The number of halogens is 4. The van der Waals surface area contributed by atoms with Crippen molar-refractivity contribution in [2.24, 2.45) is 5.73 Å². The Labute approximate surface area is 113 Å². The number of hydrogen-bond acceptors (Lipinski definition) is 2. The molecule has 1 atom stereocenters. The Balaban J connectivity index is 2.60. The summed E-state index contributed by atoms with van der Waals surface area (Å²) >= 11 is 0. The van der Waals surface area contributed by atoms with Crippen LogP contribution in [0.5, 0.6) is 0 Å². The average molecular weight is 293 g/mol. The Morgan fingerprint density at radius 1 is 1.30 bits per heavy atom. The summed E-state index contributed by atoms with van der Waals surface area (Å²) in [5.74, 6) is -4.07. The van der Waals surface area contributed by atoms with Gasteiger partial charge >= 0.3 is 18.4 Å². The first-order chi connectivity index (χ1) is 9.22. The summed E-state index contributed by atoms with van der Waals surface area (Å²) < 4.78 is 49.5. The van der Waals surface area contributed by atoms with Gasteiger partial charge in [-0.05, 0) is 24.6 Å². The van der Waals surface area contributed by atoms with Crippen LogP contribution < -0.4 is 16.4 Å². The number of carbonyl (C=O) groups is 1. The van der Waals surface area contributed by atoms with E-state index < -0.39 is 31.0 Å². The van der Waals surface area contributed by atoms with Gasteiger partial charge in [0.2, 0.25) is 0 Å². The zero-order chi connectivity index (χ0) is 15.3. The quantitative estimate of drug-likeness (QED) is 0.706. The Kier molecular flexibility index (Phi) is 5.32. The number of rotatable bonds is 6. The molecule has 0 aliphatic carbocycles. The smallest absolute Gasteiger partial charge is 0.319 e. The van der Waals surface area contributed by atoms with Crippen molar-refractivity contribution in [3.63, 3.8) is 0 Å². The van der Waals surface area contributed by atoms with Crippen LogP contribution in [-0.2, 0) is 0 Å². The van der Waals surface area contributed by atoms with Gasteiger partial charge in [0.1, 0.15) is 0 Å². The Morgan fingerprint density at radius 2 is 1.85 bits per heavy atom. The van der Waals surface area contributed by atoms with Crippen molar-refractivity contribution >= 4 is 11.7 Å². The maximum absolute atomic E-state index is 12.8. The van der Waals surface area contributed by atoms with E-state index in [4.69, 9.17) is 5.73 Å². The van der Waals surface area contributed by atoms with Gasteiger partial charge in [-0.3, -0.25) is 0 Å². The summed E-state index contributed by atoms with van der Waals surface area (Å²) in [5.41, 5.74) is 6.00. The first-order valence-electron chi connectivity index (χ1n) is 5.78. The lowest BCUT2D eigenvalue weighted by Gasteiger charge is -2.20. The number of benzene rings is 1. The minimum absolute atomic E-state index is 0.450. The van der Waals surface area contributed by atoms with Gasteiger partial charge in [0.05, 0.1) is 6.54 Å². The van der Waals surface area contributed by atoms with Crippen molar-refractivity contribution in [1.29, 1.82) is 0 Å². The van der Waals surface area contributed by atoms with E-state index in [9.17, 15) is 22.4 Å².